The Balaban J connectivity index is 1.67. The van der Waals surface area contributed by atoms with Gasteiger partial charge in [-0.3, -0.25) is 9.13 Å². The number of ether oxygens (including phenoxy) is 1. The first-order chi connectivity index (χ1) is 12.0. The third kappa shape index (κ3) is 3.79. The predicted octanol–water partition coefficient (Wildman–Crippen LogP) is 3.13. The zero-order chi connectivity index (χ0) is 18.0. The fraction of sp³-hybridized carbons (Fsp3) is 0.316. The fourth-order valence-electron chi connectivity index (χ4n) is 2.89. The molecule has 1 heterocycles. The van der Waals surface area contributed by atoms with Crippen molar-refractivity contribution in [3.8, 4) is 0 Å². The average Bonchev–Trinajstić information content (AvgIpc) is 2.85. The highest BCUT2D eigenvalue weighted by atomic mass is 35.5. The molecule has 0 spiro atoms. The minimum Gasteiger partial charge on any atom is -0.389 e. The number of benzene rings is 2. The molecule has 0 aliphatic carbocycles. The van der Waals surface area contributed by atoms with Gasteiger partial charge < -0.3 is 9.84 Å². The number of rotatable bonds is 6. The summed E-state index contributed by atoms with van der Waals surface area (Å²) in [7, 11) is 1.73. The number of halogens is 1. The van der Waals surface area contributed by atoms with Gasteiger partial charge in [0.25, 0.3) is 0 Å². The van der Waals surface area contributed by atoms with Crippen LogP contribution in [0.4, 0.5) is 0 Å². The molecule has 1 aromatic heterocycles. The van der Waals surface area contributed by atoms with Crippen LogP contribution in [-0.4, -0.2) is 27.0 Å². The Morgan fingerprint density at radius 3 is 2.44 bits per heavy atom. The van der Waals surface area contributed by atoms with E-state index in [9.17, 15) is 9.90 Å². The summed E-state index contributed by atoms with van der Waals surface area (Å²) in [5.41, 5.74) is 2.49. The molecular formula is C19H21ClN2O3. The van der Waals surface area contributed by atoms with E-state index >= 15 is 0 Å². The summed E-state index contributed by atoms with van der Waals surface area (Å²) < 4.78 is 8.91. The molecule has 0 aliphatic rings. The molecule has 3 rings (SSSR count). The smallest absolute Gasteiger partial charge is 0.328 e. The highest BCUT2D eigenvalue weighted by Crippen LogP contribution is 2.19. The number of aromatic nitrogens is 2. The van der Waals surface area contributed by atoms with Gasteiger partial charge in [0.05, 0.1) is 36.4 Å². The summed E-state index contributed by atoms with van der Waals surface area (Å²) in [6, 6.07) is 14.9. The number of hydrogen-bond acceptors (Lipinski definition) is 3. The molecule has 0 bridgehead atoms. The number of nitrogens with zero attached hydrogens (tertiary/aromatic N) is 2. The van der Waals surface area contributed by atoms with Gasteiger partial charge in [-0.15, -0.1) is 0 Å². The van der Waals surface area contributed by atoms with Crippen LogP contribution in [-0.2, 0) is 18.3 Å². The lowest BCUT2D eigenvalue weighted by atomic mass is 10.1. The van der Waals surface area contributed by atoms with Crippen molar-refractivity contribution in [3.05, 3.63) is 69.6 Å². The number of aliphatic hydroxyl groups is 1. The molecule has 2 aromatic carbocycles. The predicted molar refractivity (Wildman–Crippen MR) is 99.0 cm³/mol. The van der Waals surface area contributed by atoms with E-state index < -0.39 is 6.10 Å². The van der Waals surface area contributed by atoms with Gasteiger partial charge >= 0.3 is 5.69 Å². The van der Waals surface area contributed by atoms with Crippen LogP contribution in [0.25, 0.3) is 11.0 Å². The van der Waals surface area contributed by atoms with Crippen molar-refractivity contribution < 1.29 is 9.84 Å². The quantitative estimate of drug-likeness (QED) is 0.734. The van der Waals surface area contributed by atoms with Gasteiger partial charge in [0, 0.05) is 12.1 Å². The van der Waals surface area contributed by atoms with Crippen molar-refractivity contribution in [2.24, 2.45) is 7.05 Å². The van der Waals surface area contributed by atoms with Crippen molar-refractivity contribution in [2.75, 3.05) is 6.61 Å². The number of fused-ring (bicyclic) bond motifs is 1. The molecule has 0 amide bonds. The highest BCUT2D eigenvalue weighted by molar-refractivity contribution is 6.30. The van der Waals surface area contributed by atoms with Gasteiger partial charge in [-0.2, -0.15) is 0 Å². The summed E-state index contributed by atoms with van der Waals surface area (Å²) in [6.45, 7) is 2.24. The molecule has 2 atom stereocenters. The van der Waals surface area contributed by atoms with Crippen molar-refractivity contribution >= 4 is 22.6 Å². The van der Waals surface area contributed by atoms with E-state index in [0.717, 1.165) is 16.6 Å². The van der Waals surface area contributed by atoms with Crippen molar-refractivity contribution in [1.29, 1.82) is 0 Å². The van der Waals surface area contributed by atoms with Crippen LogP contribution in [0.3, 0.4) is 0 Å². The van der Waals surface area contributed by atoms with Crippen LogP contribution in [0.1, 0.15) is 18.6 Å². The third-order valence-corrected chi connectivity index (χ3v) is 4.58. The third-order valence-electron chi connectivity index (χ3n) is 4.32. The van der Waals surface area contributed by atoms with Crippen molar-refractivity contribution in [1.82, 2.24) is 9.13 Å². The molecule has 0 aliphatic heterocycles. The zero-order valence-electron chi connectivity index (χ0n) is 14.2. The Morgan fingerprint density at radius 2 is 1.76 bits per heavy atom. The normalized spacial score (nSPS) is 13.9. The largest absolute Gasteiger partial charge is 0.389 e. The molecule has 0 radical (unpaired) electrons. The lowest BCUT2D eigenvalue weighted by Crippen LogP contribution is -2.30. The Bertz CT molecular complexity index is 915. The van der Waals surface area contributed by atoms with Crippen molar-refractivity contribution in [3.63, 3.8) is 0 Å². The van der Waals surface area contributed by atoms with Crippen LogP contribution in [0.15, 0.2) is 53.3 Å². The molecule has 0 fully saturated rings. The van der Waals surface area contributed by atoms with Gasteiger partial charge in [0.2, 0.25) is 0 Å². The Hall–Kier alpha value is -2.08. The van der Waals surface area contributed by atoms with E-state index in [4.69, 9.17) is 16.3 Å². The summed E-state index contributed by atoms with van der Waals surface area (Å²) in [6.07, 6.45) is -0.950. The minimum absolute atomic E-state index is 0.138. The summed E-state index contributed by atoms with van der Waals surface area (Å²) in [5, 5.41) is 11.0. The highest BCUT2D eigenvalue weighted by Gasteiger charge is 2.15. The van der Waals surface area contributed by atoms with E-state index in [1.165, 1.54) is 0 Å². The minimum atomic E-state index is -0.779. The van der Waals surface area contributed by atoms with E-state index in [2.05, 4.69) is 0 Å². The number of hydrogen-bond donors (Lipinski definition) is 1. The van der Waals surface area contributed by atoms with Crippen molar-refractivity contribution in [2.45, 2.75) is 25.7 Å². The SMILES string of the molecule is C[C@H](OC[C@H](O)Cn1c(=O)n(C)c2ccccc21)c1ccc(Cl)cc1. The van der Waals surface area contributed by atoms with E-state index in [0.29, 0.717) is 5.02 Å². The summed E-state index contributed by atoms with van der Waals surface area (Å²) in [4.78, 5) is 12.4. The number of para-hydroxylation sites is 2. The lowest BCUT2D eigenvalue weighted by Gasteiger charge is -2.17. The fourth-order valence-corrected chi connectivity index (χ4v) is 3.01. The maximum Gasteiger partial charge on any atom is 0.328 e. The van der Waals surface area contributed by atoms with E-state index in [1.54, 1.807) is 16.2 Å². The average molecular weight is 361 g/mol. The monoisotopic (exact) mass is 360 g/mol. The summed E-state index contributed by atoms with van der Waals surface area (Å²) >= 11 is 5.88. The van der Waals surface area contributed by atoms with Crippen LogP contribution < -0.4 is 5.69 Å². The summed E-state index contributed by atoms with van der Waals surface area (Å²) in [5.74, 6) is 0. The maximum atomic E-state index is 12.4. The Kier molecular flexibility index (Phi) is 5.27. The zero-order valence-corrected chi connectivity index (χ0v) is 15.0. The van der Waals surface area contributed by atoms with Crippen LogP contribution >= 0.6 is 11.6 Å². The number of aryl methyl sites for hydroxylation is 1. The van der Waals surface area contributed by atoms with Gasteiger partial charge in [0.1, 0.15) is 0 Å². The lowest BCUT2D eigenvalue weighted by molar-refractivity contribution is -0.00868. The molecule has 1 N–H and O–H groups in total. The van der Waals surface area contributed by atoms with Crippen LogP contribution in [0.2, 0.25) is 5.02 Å². The Labute approximate surface area is 151 Å². The molecule has 25 heavy (non-hydrogen) atoms. The first-order valence-electron chi connectivity index (χ1n) is 8.16. The van der Waals surface area contributed by atoms with E-state index in [1.807, 2.05) is 55.5 Å². The molecule has 0 unspecified atom stereocenters. The second-order valence-corrected chi connectivity index (χ2v) is 6.56. The molecule has 3 aromatic rings. The van der Waals surface area contributed by atoms with E-state index in [-0.39, 0.29) is 24.9 Å². The molecule has 6 heteroatoms. The molecular weight excluding hydrogens is 340 g/mol. The van der Waals surface area contributed by atoms with Gasteiger partial charge in [-0.25, -0.2) is 4.79 Å². The molecule has 0 saturated heterocycles. The molecule has 132 valence electrons. The van der Waals surface area contributed by atoms with Gasteiger partial charge in [-0.1, -0.05) is 35.9 Å². The standard InChI is InChI=1S/C19H21ClN2O3/c1-13(14-7-9-15(20)10-8-14)25-12-16(23)11-22-18-6-4-3-5-17(18)21(2)19(22)24/h3-10,13,16,23H,11-12H2,1-2H3/t13-,16+/m0/s1. The van der Waals surface area contributed by atoms with Crippen LogP contribution in [0, 0.1) is 0 Å². The number of aliphatic hydroxyl groups excluding tert-OH is 1. The number of imidazole rings is 1. The maximum absolute atomic E-state index is 12.4. The molecule has 5 nitrogen and oxygen atoms in total. The topological polar surface area (TPSA) is 56.4 Å². The Morgan fingerprint density at radius 1 is 1.12 bits per heavy atom. The first kappa shape index (κ1) is 17.7. The molecule has 0 saturated carbocycles. The van der Waals surface area contributed by atoms with Crippen LogP contribution in [0.5, 0.6) is 0 Å². The second kappa shape index (κ2) is 7.44. The second-order valence-electron chi connectivity index (χ2n) is 6.12. The van der Waals surface area contributed by atoms with Gasteiger partial charge in [-0.05, 0) is 36.8 Å². The first-order valence-corrected chi connectivity index (χ1v) is 8.54. The van der Waals surface area contributed by atoms with Gasteiger partial charge in [0.15, 0.2) is 0 Å².